The highest BCUT2D eigenvalue weighted by molar-refractivity contribution is 7.89. The van der Waals surface area contributed by atoms with E-state index >= 15 is 0 Å². The molecule has 1 aromatic heterocycles. The summed E-state index contributed by atoms with van der Waals surface area (Å²) in [6.45, 7) is 4.69. The Labute approximate surface area is 182 Å². The molecule has 162 valence electrons. The van der Waals surface area contributed by atoms with Gasteiger partial charge in [-0.05, 0) is 57.2 Å². The molecule has 1 aromatic carbocycles. The average Bonchev–Trinajstić information content (AvgIpc) is 3.19. The van der Waals surface area contributed by atoms with Crippen LogP contribution in [0, 0.1) is 6.92 Å². The molecule has 2 aliphatic rings. The van der Waals surface area contributed by atoms with Gasteiger partial charge < -0.3 is 4.90 Å². The summed E-state index contributed by atoms with van der Waals surface area (Å²) < 4.78 is 27.9. The summed E-state index contributed by atoms with van der Waals surface area (Å²) in [6, 6.07) is 4.99. The third-order valence-electron chi connectivity index (χ3n) is 5.70. The second-order valence-electron chi connectivity index (χ2n) is 7.94. The number of nitrogens with zero attached hydrogens (tertiary/aromatic N) is 3. The van der Waals surface area contributed by atoms with Crippen LogP contribution in [0.1, 0.15) is 54.6 Å². The molecule has 2 aliphatic heterocycles. The second-order valence-corrected chi connectivity index (χ2v) is 10.7. The van der Waals surface area contributed by atoms with E-state index in [1.165, 1.54) is 22.1 Å². The Bertz CT molecular complexity index is 1010. The normalized spacial score (nSPS) is 18.4. The number of benzene rings is 1. The standard InChI is InChI=1S/C21H28N4O3S2/c1-16-15-29-21(22-16)23-20(26)18-14-17(30(27,28)25-12-6-3-7-13-25)8-9-19(18)24-10-4-2-5-11-24/h8-9,14-15H,2-7,10-13H2,1H3,(H,22,23,26). The zero-order valence-electron chi connectivity index (χ0n) is 17.3. The Balaban J connectivity index is 1.69. The predicted molar refractivity (Wildman–Crippen MR) is 120 cm³/mol. The number of amides is 1. The molecule has 0 saturated carbocycles. The summed E-state index contributed by atoms with van der Waals surface area (Å²) in [4.78, 5) is 19.8. The number of carbonyl (C=O) groups excluding carboxylic acids is 1. The molecule has 1 N–H and O–H groups in total. The van der Waals surface area contributed by atoms with Crippen LogP contribution in [0.5, 0.6) is 0 Å². The van der Waals surface area contributed by atoms with Gasteiger partial charge in [0, 0.05) is 37.2 Å². The highest BCUT2D eigenvalue weighted by Crippen LogP contribution is 2.30. The molecule has 3 heterocycles. The summed E-state index contributed by atoms with van der Waals surface area (Å²) in [7, 11) is -3.61. The fourth-order valence-corrected chi connectivity index (χ4v) is 6.33. The first-order valence-corrected chi connectivity index (χ1v) is 12.9. The van der Waals surface area contributed by atoms with Gasteiger partial charge in [0.2, 0.25) is 10.0 Å². The maximum atomic E-state index is 13.2. The molecule has 2 aromatic rings. The Morgan fingerprint density at radius 2 is 1.70 bits per heavy atom. The number of sulfonamides is 1. The van der Waals surface area contributed by atoms with Gasteiger partial charge in [0.25, 0.3) is 5.91 Å². The van der Waals surface area contributed by atoms with Gasteiger partial charge in [0.05, 0.1) is 16.2 Å². The second kappa shape index (κ2) is 9.03. The van der Waals surface area contributed by atoms with E-state index in [0.717, 1.165) is 56.6 Å². The van der Waals surface area contributed by atoms with Crippen LogP contribution in [-0.4, -0.2) is 49.8 Å². The zero-order valence-corrected chi connectivity index (χ0v) is 18.9. The number of piperidine rings is 2. The Morgan fingerprint density at radius 1 is 1.03 bits per heavy atom. The minimum absolute atomic E-state index is 0.186. The number of rotatable bonds is 5. The van der Waals surface area contributed by atoms with Crippen molar-refractivity contribution in [3.63, 3.8) is 0 Å². The molecule has 30 heavy (non-hydrogen) atoms. The topological polar surface area (TPSA) is 82.6 Å². The van der Waals surface area contributed by atoms with Gasteiger partial charge in [-0.1, -0.05) is 6.42 Å². The molecular formula is C21H28N4O3S2. The van der Waals surface area contributed by atoms with E-state index in [1.807, 2.05) is 12.3 Å². The summed E-state index contributed by atoms with van der Waals surface area (Å²) >= 11 is 1.36. The van der Waals surface area contributed by atoms with Crippen LogP contribution >= 0.6 is 11.3 Å². The van der Waals surface area contributed by atoms with Crippen molar-refractivity contribution in [3.05, 3.63) is 34.8 Å². The largest absolute Gasteiger partial charge is 0.371 e. The van der Waals surface area contributed by atoms with Crippen molar-refractivity contribution < 1.29 is 13.2 Å². The maximum absolute atomic E-state index is 13.2. The molecule has 0 radical (unpaired) electrons. The fraction of sp³-hybridized carbons (Fsp3) is 0.524. The van der Waals surface area contributed by atoms with Crippen LogP contribution in [0.3, 0.4) is 0 Å². The van der Waals surface area contributed by atoms with Gasteiger partial charge >= 0.3 is 0 Å². The molecule has 0 aliphatic carbocycles. The first-order valence-electron chi connectivity index (χ1n) is 10.6. The number of carbonyl (C=O) groups is 1. The van der Waals surface area contributed by atoms with E-state index in [0.29, 0.717) is 23.8 Å². The Kier molecular flexibility index (Phi) is 6.40. The van der Waals surface area contributed by atoms with Gasteiger partial charge in [-0.15, -0.1) is 11.3 Å². The van der Waals surface area contributed by atoms with Crippen molar-refractivity contribution in [2.75, 3.05) is 36.4 Å². The lowest BCUT2D eigenvalue weighted by molar-refractivity contribution is 0.102. The Hall–Kier alpha value is -1.97. The minimum atomic E-state index is -3.61. The first-order chi connectivity index (χ1) is 14.4. The number of hydrogen-bond acceptors (Lipinski definition) is 6. The molecule has 1 amide bonds. The van der Waals surface area contributed by atoms with Crippen molar-refractivity contribution in [3.8, 4) is 0 Å². The molecule has 2 saturated heterocycles. The SMILES string of the molecule is Cc1csc(NC(=O)c2cc(S(=O)(=O)N3CCCCC3)ccc2N2CCCCC2)n1. The van der Waals surface area contributed by atoms with Crippen molar-refractivity contribution in [1.82, 2.24) is 9.29 Å². The molecule has 4 rings (SSSR count). The van der Waals surface area contributed by atoms with E-state index in [9.17, 15) is 13.2 Å². The molecule has 2 fully saturated rings. The van der Waals surface area contributed by atoms with Crippen molar-refractivity contribution in [2.24, 2.45) is 0 Å². The Morgan fingerprint density at radius 3 is 2.33 bits per heavy atom. The van der Waals surface area contributed by atoms with Crippen LogP contribution in [0.15, 0.2) is 28.5 Å². The molecular weight excluding hydrogens is 420 g/mol. The molecule has 0 spiro atoms. The first kappa shape index (κ1) is 21.3. The van der Waals surface area contributed by atoms with Crippen LogP contribution < -0.4 is 10.2 Å². The summed E-state index contributed by atoms with van der Waals surface area (Å²) in [5, 5.41) is 5.24. The van der Waals surface area contributed by atoms with Crippen LogP contribution in [0.25, 0.3) is 0 Å². The average molecular weight is 449 g/mol. The van der Waals surface area contributed by atoms with Crippen molar-refractivity contribution in [1.29, 1.82) is 0 Å². The number of hydrogen-bond donors (Lipinski definition) is 1. The highest BCUT2D eigenvalue weighted by Gasteiger charge is 2.28. The zero-order chi connectivity index (χ0) is 21.1. The highest BCUT2D eigenvalue weighted by atomic mass is 32.2. The summed E-state index contributed by atoms with van der Waals surface area (Å²) in [5.41, 5.74) is 2.02. The number of anilines is 2. The van der Waals surface area contributed by atoms with Gasteiger partial charge in [-0.25, -0.2) is 13.4 Å². The third kappa shape index (κ3) is 4.53. The van der Waals surface area contributed by atoms with E-state index < -0.39 is 10.0 Å². The van der Waals surface area contributed by atoms with Crippen LogP contribution in [-0.2, 0) is 10.0 Å². The van der Waals surface area contributed by atoms with Crippen molar-refractivity contribution >= 4 is 38.1 Å². The quantitative estimate of drug-likeness (QED) is 0.751. The van der Waals surface area contributed by atoms with E-state index in [4.69, 9.17) is 0 Å². The lowest BCUT2D eigenvalue weighted by Crippen LogP contribution is -2.36. The lowest BCUT2D eigenvalue weighted by atomic mass is 10.1. The predicted octanol–water partition coefficient (Wildman–Crippen LogP) is 3.87. The number of aryl methyl sites for hydroxylation is 1. The molecule has 0 bridgehead atoms. The van der Waals surface area contributed by atoms with E-state index in [2.05, 4.69) is 15.2 Å². The summed E-state index contributed by atoms with van der Waals surface area (Å²) in [6.07, 6.45) is 6.13. The van der Waals surface area contributed by atoms with Gasteiger partial charge in [-0.2, -0.15) is 4.31 Å². The number of aromatic nitrogens is 1. The fourth-order valence-electron chi connectivity index (χ4n) is 4.10. The monoisotopic (exact) mass is 448 g/mol. The molecule has 9 heteroatoms. The third-order valence-corrected chi connectivity index (χ3v) is 8.47. The lowest BCUT2D eigenvalue weighted by Gasteiger charge is -2.31. The maximum Gasteiger partial charge on any atom is 0.259 e. The van der Waals surface area contributed by atoms with Gasteiger partial charge in [-0.3, -0.25) is 10.1 Å². The molecule has 0 unspecified atom stereocenters. The smallest absolute Gasteiger partial charge is 0.259 e. The van der Waals surface area contributed by atoms with Crippen LogP contribution in [0.4, 0.5) is 10.8 Å². The van der Waals surface area contributed by atoms with Gasteiger partial charge in [0.15, 0.2) is 5.13 Å². The minimum Gasteiger partial charge on any atom is -0.371 e. The van der Waals surface area contributed by atoms with E-state index in [1.54, 1.807) is 18.2 Å². The van der Waals surface area contributed by atoms with Gasteiger partial charge in [0.1, 0.15) is 0 Å². The van der Waals surface area contributed by atoms with Crippen molar-refractivity contribution in [2.45, 2.75) is 50.3 Å². The number of thiazole rings is 1. The molecule has 7 nitrogen and oxygen atoms in total. The molecule has 0 atom stereocenters. The van der Waals surface area contributed by atoms with Crippen LogP contribution in [0.2, 0.25) is 0 Å². The summed E-state index contributed by atoms with van der Waals surface area (Å²) in [5.74, 6) is -0.319. The number of nitrogens with one attached hydrogen (secondary N) is 1. The van der Waals surface area contributed by atoms with E-state index in [-0.39, 0.29) is 10.8 Å².